The molecule has 0 radical (unpaired) electrons. The minimum Gasteiger partial charge on any atom is -0.492 e. The average Bonchev–Trinajstić information content (AvgIpc) is 3.36. The molecule has 11 heteroatoms. The standard InChI is InChI=1S/C23H29N5O5S/c1-5-33-21-9-8-18(34(30,31)27-10-12-32-13-11-27)14-20(21)25-22(29)19-15-24-26(4)23(19)28-16(2)6-7-17(28)3/h6-9,14-15H,5,10-13H2,1-4H3,(H,25,29). The normalized spacial score (nSPS) is 14.8. The summed E-state index contributed by atoms with van der Waals surface area (Å²) < 4.78 is 42.2. The number of benzene rings is 1. The fourth-order valence-corrected chi connectivity index (χ4v) is 5.47. The summed E-state index contributed by atoms with van der Waals surface area (Å²) in [5, 5.41) is 7.13. The number of carbonyl (C=O) groups is 1. The third-order valence-corrected chi connectivity index (χ3v) is 7.64. The van der Waals surface area contributed by atoms with Crippen molar-refractivity contribution in [1.29, 1.82) is 0 Å². The summed E-state index contributed by atoms with van der Waals surface area (Å²) in [4.78, 5) is 13.5. The molecule has 1 N–H and O–H groups in total. The van der Waals surface area contributed by atoms with E-state index in [9.17, 15) is 13.2 Å². The lowest BCUT2D eigenvalue weighted by Gasteiger charge is -2.26. The van der Waals surface area contributed by atoms with Gasteiger partial charge in [-0.25, -0.2) is 8.42 Å². The topological polar surface area (TPSA) is 108 Å². The largest absolute Gasteiger partial charge is 0.492 e. The number of hydrogen-bond acceptors (Lipinski definition) is 6. The van der Waals surface area contributed by atoms with Crippen molar-refractivity contribution in [2.45, 2.75) is 25.7 Å². The van der Waals surface area contributed by atoms with Crippen LogP contribution in [0.1, 0.15) is 28.7 Å². The van der Waals surface area contributed by atoms with E-state index in [0.29, 0.717) is 37.0 Å². The van der Waals surface area contributed by atoms with Crippen LogP contribution in [0.15, 0.2) is 41.4 Å². The molecule has 0 spiro atoms. The van der Waals surface area contributed by atoms with Gasteiger partial charge in [-0.15, -0.1) is 0 Å². The molecule has 34 heavy (non-hydrogen) atoms. The summed E-state index contributed by atoms with van der Waals surface area (Å²) in [7, 11) is -1.97. The van der Waals surface area contributed by atoms with Gasteiger partial charge in [0.1, 0.15) is 17.1 Å². The smallest absolute Gasteiger partial charge is 0.261 e. The van der Waals surface area contributed by atoms with E-state index in [0.717, 1.165) is 11.4 Å². The molecule has 2 aromatic heterocycles. The number of morpholine rings is 1. The second-order valence-corrected chi connectivity index (χ2v) is 9.96. The Balaban J connectivity index is 1.70. The van der Waals surface area contributed by atoms with E-state index in [1.807, 2.05) is 37.5 Å². The van der Waals surface area contributed by atoms with Crippen molar-refractivity contribution in [2.24, 2.45) is 7.05 Å². The molecular weight excluding hydrogens is 458 g/mol. The molecule has 1 fully saturated rings. The number of rotatable bonds is 7. The monoisotopic (exact) mass is 487 g/mol. The molecule has 0 unspecified atom stereocenters. The third-order valence-electron chi connectivity index (χ3n) is 5.74. The van der Waals surface area contributed by atoms with Crippen molar-refractivity contribution in [1.82, 2.24) is 18.7 Å². The maximum absolute atomic E-state index is 13.4. The fraction of sp³-hybridized carbons (Fsp3) is 0.391. The molecule has 1 amide bonds. The third kappa shape index (κ3) is 4.46. The van der Waals surface area contributed by atoms with Gasteiger partial charge < -0.3 is 19.4 Å². The number of hydrogen-bond donors (Lipinski definition) is 1. The van der Waals surface area contributed by atoms with Gasteiger partial charge in [-0.3, -0.25) is 9.48 Å². The zero-order valence-electron chi connectivity index (χ0n) is 19.7. The Labute approximate surface area is 199 Å². The molecule has 1 aliphatic heterocycles. The molecule has 1 saturated heterocycles. The van der Waals surface area contributed by atoms with Crippen molar-refractivity contribution in [2.75, 3.05) is 38.2 Å². The van der Waals surface area contributed by atoms with Crippen LogP contribution in [0.25, 0.3) is 5.82 Å². The van der Waals surface area contributed by atoms with E-state index in [2.05, 4.69) is 10.4 Å². The Bertz CT molecular complexity index is 1290. The SMILES string of the molecule is CCOc1ccc(S(=O)(=O)N2CCOCC2)cc1NC(=O)c1cnn(C)c1-n1c(C)ccc1C. The van der Waals surface area contributed by atoms with Crippen molar-refractivity contribution in [3.05, 3.63) is 53.5 Å². The number of anilines is 1. The van der Waals surface area contributed by atoms with E-state index in [1.165, 1.54) is 22.6 Å². The van der Waals surface area contributed by atoms with Crippen LogP contribution in [-0.2, 0) is 21.8 Å². The van der Waals surface area contributed by atoms with Crippen LogP contribution in [0.3, 0.4) is 0 Å². The molecule has 4 rings (SSSR count). The number of aryl methyl sites for hydroxylation is 3. The lowest BCUT2D eigenvalue weighted by molar-refractivity contribution is 0.0730. The van der Waals surface area contributed by atoms with E-state index in [-0.39, 0.29) is 23.7 Å². The van der Waals surface area contributed by atoms with Gasteiger partial charge in [0.15, 0.2) is 0 Å². The minimum atomic E-state index is -3.74. The van der Waals surface area contributed by atoms with Crippen molar-refractivity contribution >= 4 is 21.6 Å². The number of sulfonamides is 1. The highest BCUT2D eigenvalue weighted by molar-refractivity contribution is 7.89. The summed E-state index contributed by atoms with van der Waals surface area (Å²) in [6.07, 6.45) is 1.50. The highest BCUT2D eigenvalue weighted by Crippen LogP contribution is 2.31. The number of amides is 1. The first kappa shape index (κ1) is 24.0. The van der Waals surface area contributed by atoms with E-state index in [4.69, 9.17) is 9.47 Å². The van der Waals surface area contributed by atoms with Gasteiger partial charge in [-0.05, 0) is 51.1 Å². The molecule has 3 heterocycles. The van der Waals surface area contributed by atoms with E-state index < -0.39 is 15.9 Å². The van der Waals surface area contributed by atoms with Crippen LogP contribution in [0.4, 0.5) is 5.69 Å². The maximum Gasteiger partial charge on any atom is 0.261 e. The van der Waals surface area contributed by atoms with E-state index in [1.54, 1.807) is 17.8 Å². The molecule has 1 aliphatic rings. The molecule has 0 bridgehead atoms. The van der Waals surface area contributed by atoms with Crippen LogP contribution in [0.5, 0.6) is 5.75 Å². The fourth-order valence-electron chi connectivity index (χ4n) is 4.03. The summed E-state index contributed by atoms with van der Waals surface area (Å²) in [6, 6.07) is 8.44. The van der Waals surface area contributed by atoms with Gasteiger partial charge in [0.25, 0.3) is 5.91 Å². The second-order valence-electron chi connectivity index (χ2n) is 8.02. The number of nitrogens with one attached hydrogen (secondary N) is 1. The van der Waals surface area contributed by atoms with Crippen molar-refractivity contribution in [3.8, 4) is 11.6 Å². The first-order valence-corrected chi connectivity index (χ1v) is 12.5. The zero-order valence-corrected chi connectivity index (χ0v) is 20.6. The lowest BCUT2D eigenvalue weighted by Crippen LogP contribution is -2.40. The lowest BCUT2D eigenvalue weighted by atomic mass is 10.2. The van der Waals surface area contributed by atoms with Crippen LogP contribution < -0.4 is 10.1 Å². The molecule has 0 saturated carbocycles. The second kappa shape index (κ2) is 9.61. The summed E-state index contributed by atoms with van der Waals surface area (Å²) in [5.41, 5.74) is 2.55. The number of carbonyl (C=O) groups excluding carboxylic acids is 1. The van der Waals surface area contributed by atoms with Crippen LogP contribution in [-0.4, -0.2) is 65.9 Å². The molecule has 0 atom stereocenters. The van der Waals surface area contributed by atoms with Gasteiger partial charge in [0.2, 0.25) is 10.0 Å². The minimum absolute atomic E-state index is 0.0802. The van der Waals surface area contributed by atoms with Gasteiger partial charge in [-0.2, -0.15) is 9.40 Å². The van der Waals surface area contributed by atoms with Crippen LogP contribution in [0, 0.1) is 13.8 Å². The highest BCUT2D eigenvalue weighted by Gasteiger charge is 2.28. The molecule has 10 nitrogen and oxygen atoms in total. The predicted molar refractivity (Wildman–Crippen MR) is 127 cm³/mol. The Morgan fingerprint density at radius 3 is 2.47 bits per heavy atom. The molecule has 3 aromatic rings. The predicted octanol–water partition coefficient (Wildman–Crippen LogP) is 2.50. The molecule has 182 valence electrons. The first-order chi connectivity index (χ1) is 16.2. The average molecular weight is 488 g/mol. The number of nitrogens with zero attached hydrogens (tertiary/aromatic N) is 4. The van der Waals surface area contributed by atoms with Gasteiger partial charge in [0.05, 0.1) is 36.6 Å². The highest BCUT2D eigenvalue weighted by atomic mass is 32.2. The Hall–Kier alpha value is -3.15. The number of ether oxygens (including phenoxy) is 2. The Morgan fingerprint density at radius 1 is 1.15 bits per heavy atom. The summed E-state index contributed by atoms with van der Waals surface area (Å²) >= 11 is 0. The maximum atomic E-state index is 13.4. The molecule has 0 aliphatic carbocycles. The summed E-state index contributed by atoms with van der Waals surface area (Å²) in [5.74, 6) is 0.584. The Kier molecular flexibility index (Phi) is 6.78. The van der Waals surface area contributed by atoms with Gasteiger partial charge in [0, 0.05) is 31.5 Å². The van der Waals surface area contributed by atoms with Crippen molar-refractivity contribution < 1.29 is 22.7 Å². The molecule has 1 aromatic carbocycles. The quantitative estimate of drug-likeness (QED) is 0.549. The van der Waals surface area contributed by atoms with Gasteiger partial charge in [-0.1, -0.05) is 0 Å². The Morgan fingerprint density at radius 2 is 1.82 bits per heavy atom. The zero-order chi connectivity index (χ0) is 24.5. The number of aromatic nitrogens is 3. The van der Waals surface area contributed by atoms with E-state index >= 15 is 0 Å². The summed E-state index contributed by atoms with van der Waals surface area (Å²) in [6.45, 7) is 7.35. The van der Waals surface area contributed by atoms with Crippen LogP contribution in [0.2, 0.25) is 0 Å². The molecular formula is C23H29N5O5S. The van der Waals surface area contributed by atoms with Crippen molar-refractivity contribution in [3.63, 3.8) is 0 Å². The first-order valence-electron chi connectivity index (χ1n) is 11.1. The van der Waals surface area contributed by atoms with Crippen LogP contribution >= 0.6 is 0 Å². The van der Waals surface area contributed by atoms with Gasteiger partial charge >= 0.3 is 0 Å².